The number of nitrogens with zero attached hydrogens (tertiary/aromatic N) is 2. The largest absolute Gasteiger partial charge is 0.486 e. The van der Waals surface area contributed by atoms with E-state index in [-0.39, 0.29) is 19.2 Å². The number of ether oxygens (including phenoxy) is 3. The van der Waals surface area contributed by atoms with Crippen molar-refractivity contribution in [3.8, 4) is 17.2 Å². The molecule has 0 spiro atoms. The van der Waals surface area contributed by atoms with E-state index in [0.717, 1.165) is 5.56 Å². The Morgan fingerprint density at radius 3 is 2.88 bits per heavy atom. The van der Waals surface area contributed by atoms with E-state index in [1.54, 1.807) is 41.2 Å². The second-order valence-electron chi connectivity index (χ2n) is 7.14. The second-order valence-corrected chi connectivity index (χ2v) is 8.40. The van der Waals surface area contributed by atoms with Crippen molar-refractivity contribution in [3.05, 3.63) is 87.4 Å². The SMILES string of the molecule is O=C(Nc1nn(Cc2ccccc2Cl)cc1Br)c1ccc(COc2ccc3c(c2)OCO3)o1. The minimum atomic E-state index is -0.423. The number of hydrogen-bond acceptors (Lipinski definition) is 6. The van der Waals surface area contributed by atoms with E-state index in [9.17, 15) is 4.79 Å². The molecular weight excluding hydrogens is 514 g/mol. The van der Waals surface area contributed by atoms with Gasteiger partial charge in [-0.2, -0.15) is 5.10 Å². The number of amides is 1. The fraction of sp³-hybridized carbons (Fsp3) is 0.130. The summed E-state index contributed by atoms with van der Waals surface area (Å²) in [5, 5.41) is 7.81. The van der Waals surface area contributed by atoms with Gasteiger partial charge in [0.1, 0.15) is 18.1 Å². The van der Waals surface area contributed by atoms with Gasteiger partial charge in [-0.25, -0.2) is 0 Å². The molecule has 1 aliphatic heterocycles. The number of benzene rings is 2. The van der Waals surface area contributed by atoms with Crippen LogP contribution in [0, 0.1) is 0 Å². The summed E-state index contributed by atoms with van der Waals surface area (Å²) in [5.41, 5.74) is 0.921. The number of hydrogen-bond donors (Lipinski definition) is 1. The Bertz CT molecular complexity index is 1320. The Kier molecular flexibility index (Phi) is 5.97. The molecule has 0 fully saturated rings. The Morgan fingerprint density at radius 2 is 2.00 bits per heavy atom. The summed E-state index contributed by atoms with van der Waals surface area (Å²) >= 11 is 9.65. The molecule has 168 valence electrons. The average molecular weight is 531 g/mol. The van der Waals surface area contributed by atoms with Crippen molar-refractivity contribution < 1.29 is 23.4 Å². The van der Waals surface area contributed by atoms with Crippen LogP contribution in [0.5, 0.6) is 17.2 Å². The van der Waals surface area contributed by atoms with E-state index in [1.807, 2.05) is 24.3 Å². The molecule has 2 aromatic carbocycles. The first kappa shape index (κ1) is 21.4. The van der Waals surface area contributed by atoms with Crippen molar-refractivity contribution in [1.29, 1.82) is 0 Å². The lowest BCUT2D eigenvalue weighted by Gasteiger charge is -2.05. The number of rotatable bonds is 7. The molecule has 0 saturated carbocycles. The maximum absolute atomic E-state index is 12.6. The molecule has 0 saturated heterocycles. The van der Waals surface area contributed by atoms with Gasteiger partial charge in [-0.1, -0.05) is 29.8 Å². The van der Waals surface area contributed by atoms with Crippen LogP contribution < -0.4 is 19.5 Å². The van der Waals surface area contributed by atoms with E-state index in [0.29, 0.717) is 44.9 Å². The van der Waals surface area contributed by atoms with Gasteiger partial charge in [0, 0.05) is 17.3 Å². The van der Waals surface area contributed by atoms with Gasteiger partial charge < -0.3 is 23.9 Å². The first-order chi connectivity index (χ1) is 16.0. The molecule has 0 bridgehead atoms. The van der Waals surface area contributed by atoms with Gasteiger partial charge in [-0.05, 0) is 51.8 Å². The highest BCUT2D eigenvalue weighted by Crippen LogP contribution is 2.35. The third kappa shape index (κ3) is 4.84. The molecule has 5 rings (SSSR count). The van der Waals surface area contributed by atoms with Crippen molar-refractivity contribution in [1.82, 2.24) is 9.78 Å². The van der Waals surface area contributed by atoms with Crippen molar-refractivity contribution in [2.75, 3.05) is 12.1 Å². The molecule has 1 amide bonds. The lowest BCUT2D eigenvalue weighted by atomic mass is 10.2. The number of halogens is 2. The van der Waals surface area contributed by atoms with Crippen molar-refractivity contribution >= 4 is 39.3 Å². The van der Waals surface area contributed by atoms with Gasteiger partial charge in [0.15, 0.2) is 23.1 Å². The molecular formula is C23H17BrClN3O5. The first-order valence-corrected chi connectivity index (χ1v) is 11.1. The Morgan fingerprint density at radius 1 is 1.15 bits per heavy atom. The van der Waals surface area contributed by atoms with Gasteiger partial charge in [0.2, 0.25) is 6.79 Å². The Labute approximate surface area is 202 Å². The molecule has 10 heteroatoms. The van der Waals surface area contributed by atoms with Crippen molar-refractivity contribution in [2.45, 2.75) is 13.2 Å². The van der Waals surface area contributed by atoms with Gasteiger partial charge in [0.05, 0.1) is 11.0 Å². The van der Waals surface area contributed by atoms with Crippen molar-refractivity contribution in [2.24, 2.45) is 0 Å². The van der Waals surface area contributed by atoms with Crippen LogP contribution in [-0.4, -0.2) is 22.5 Å². The van der Waals surface area contributed by atoms with E-state index in [1.165, 1.54) is 0 Å². The maximum Gasteiger partial charge on any atom is 0.292 e. The Balaban J connectivity index is 1.20. The highest BCUT2D eigenvalue weighted by Gasteiger charge is 2.17. The van der Waals surface area contributed by atoms with Gasteiger partial charge in [-0.3, -0.25) is 9.48 Å². The summed E-state index contributed by atoms with van der Waals surface area (Å²) in [4.78, 5) is 12.6. The predicted molar refractivity (Wildman–Crippen MR) is 124 cm³/mol. The molecule has 33 heavy (non-hydrogen) atoms. The standard InChI is InChI=1S/C23H17BrClN3O5/c24-17-11-28(10-14-3-1-2-4-18(14)25)27-22(17)26-23(29)20-8-6-16(33-20)12-30-15-5-7-19-21(9-15)32-13-31-19/h1-9,11H,10,12-13H2,(H,26,27,29). The Hall–Kier alpha value is -3.43. The maximum atomic E-state index is 12.6. The van der Waals surface area contributed by atoms with Gasteiger partial charge in [0.25, 0.3) is 5.91 Å². The molecule has 0 aliphatic carbocycles. The second kappa shape index (κ2) is 9.21. The van der Waals surface area contributed by atoms with E-state index < -0.39 is 5.91 Å². The summed E-state index contributed by atoms with van der Waals surface area (Å²) in [5.74, 6) is 2.52. The van der Waals surface area contributed by atoms with Crippen molar-refractivity contribution in [3.63, 3.8) is 0 Å². The van der Waals surface area contributed by atoms with Crippen LogP contribution in [0.1, 0.15) is 21.9 Å². The molecule has 1 aliphatic rings. The molecule has 2 aromatic heterocycles. The zero-order valence-electron chi connectivity index (χ0n) is 17.1. The first-order valence-electron chi connectivity index (χ1n) is 9.94. The number of furan rings is 1. The summed E-state index contributed by atoms with van der Waals surface area (Å²) in [6.45, 7) is 0.823. The molecule has 0 atom stereocenters. The molecule has 0 radical (unpaired) electrons. The van der Waals surface area contributed by atoms with Crippen LogP contribution >= 0.6 is 27.5 Å². The van der Waals surface area contributed by atoms with Crippen LogP contribution in [0.4, 0.5) is 5.82 Å². The number of carbonyl (C=O) groups excluding carboxylic acids is 1. The molecule has 8 nitrogen and oxygen atoms in total. The zero-order chi connectivity index (χ0) is 22.8. The number of fused-ring (bicyclic) bond motifs is 1. The van der Waals surface area contributed by atoms with Gasteiger partial charge in [-0.15, -0.1) is 0 Å². The van der Waals surface area contributed by atoms with E-state index in [2.05, 4.69) is 26.3 Å². The predicted octanol–water partition coefficient (Wildman–Crippen LogP) is 5.50. The summed E-state index contributed by atoms with van der Waals surface area (Å²) in [7, 11) is 0. The van der Waals surface area contributed by atoms with Gasteiger partial charge >= 0.3 is 0 Å². The highest BCUT2D eigenvalue weighted by atomic mass is 79.9. The average Bonchev–Trinajstić information content (AvgIpc) is 3.54. The van der Waals surface area contributed by atoms with E-state index in [4.69, 9.17) is 30.2 Å². The molecule has 0 unspecified atom stereocenters. The summed E-state index contributed by atoms with van der Waals surface area (Å²) in [6, 6.07) is 16.1. The summed E-state index contributed by atoms with van der Waals surface area (Å²) < 4.78 is 24.3. The topological polar surface area (TPSA) is 87.8 Å². The fourth-order valence-electron chi connectivity index (χ4n) is 3.23. The number of anilines is 1. The summed E-state index contributed by atoms with van der Waals surface area (Å²) in [6.07, 6.45) is 1.77. The normalized spacial score (nSPS) is 12.1. The monoisotopic (exact) mass is 529 g/mol. The van der Waals surface area contributed by atoms with Crippen LogP contribution in [0.25, 0.3) is 0 Å². The third-order valence-corrected chi connectivity index (χ3v) is 5.80. The number of carbonyl (C=O) groups is 1. The minimum absolute atomic E-state index is 0.145. The smallest absolute Gasteiger partial charge is 0.292 e. The van der Waals surface area contributed by atoms with Crippen LogP contribution in [0.15, 0.2) is 69.7 Å². The number of nitrogens with one attached hydrogen (secondary N) is 1. The minimum Gasteiger partial charge on any atom is -0.486 e. The molecule has 3 heterocycles. The molecule has 4 aromatic rings. The lowest BCUT2D eigenvalue weighted by Crippen LogP contribution is -2.12. The fourth-order valence-corrected chi connectivity index (χ4v) is 3.84. The van der Waals surface area contributed by atoms with Crippen LogP contribution in [0.2, 0.25) is 5.02 Å². The van der Waals surface area contributed by atoms with Crippen LogP contribution in [-0.2, 0) is 13.2 Å². The highest BCUT2D eigenvalue weighted by molar-refractivity contribution is 9.10. The van der Waals surface area contributed by atoms with E-state index >= 15 is 0 Å². The lowest BCUT2D eigenvalue weighted by molar-refractivity contribution is 0.0992. The zero-order valence-corrected chi connectivity index (χ0v) is 19.4. The third-order valence-electron chi connectivity index (χ3n) is 4.85. The quantitative estimate of drug-likeness (QED) is 0.339. The van der Waals surface area contributed by atoms with Crippen LogP contribution in [0.3, 0.4) is 0 Å². The number of aromatic nitrogens is 2. The molecule has 1 N–H and O–H groups in total.